The average molecular weight is 545 g/mol. The highest BCUT2D eigenvalue weighted by atomic mass is 19.3. The lowest BCUT2D eigenvalue weighted by atomic mass is 10.0. The molecule has 0 atom stereocenters. The predicted molar refractivity (Wildman–Crippen MR) is 142 cm³/mol. The van der Waals surface area contributed by atoms with Gasteiger partial charge in [-0.05, 0) is 82.4 Å². The van der Waals surface area contributed by atoms with Gasteiger partial charge >= 0.3 is 6.61 Å². The van der Waals surface area contributed by atoms with Crippen LogP contribution in [0.1, 0.15) is 49.9 Å². The van der Waals surface area contributed by atoms with Crippen molar-refractivity contribution in [2.24, 2.45) is 0 Å². The maximum Gasteiger partial charge on any atom is 0.387 e. The van der Waals surface area contributed by atoms with Crippen LogP contribution < -0.4 is 19.5 Å². The number of carbonyl (C=O) groups is 1. The number of halogens is 2. The van der Waals surface area contributed by atoms with Crippen molar-refractivity contribution in [2.45, 2.75) is 57.8 Å². The molecular formula is C29H34F2N2O6. The van der Waals surface area contributed by atoms with E-state index in [4.69, 9.17) is 18.6 Å². The van der Waals surface area contributed by atoms with Gasteiger partial charge in [0.1, 0.15) is 41.6 Å². The molecule has 1 saturated heterocycles. The number of benzene rings is 2. The molecule has 2 N–H and O–H groups in total. The van der Waals surface area contributed by atoms with Gasteiger partial charge in [-0.1, -0.05) is 0 Å². The number of alkyl halides is 2. The average Bonchev–Trinajstić information content (AvgIpc) is 3.34. The Morgan fingerprint density at radius 3 is 2.59 bits per heavy atom. The number of aliphatic hydroxyl groups is 1. The highest BCUT2D eigenvalue weighted by Gasteiger charge is 2.30. The smallest absolute Gasteiger partial charge is 0.387 e. The minimum atomic E-state index is -3.16. The first-order chi connectivity index (χ1) is 18.7. The molecule has 1 saturated carbocycles. The number of nitrogens with zero attached hydrogens (tertiary/aromatic N) is 1. The summed E-state index contributed by atoms with van der Waals surface area (Å²) in [6, 6.07) is 8.43. The second kappa shape index (κ2) is 11.4. The second-order valence-electron chi connectivity index (χ2n) is 10.8. The molecule has 8 nitrogen and oxygen atoms in total. The summed E-state index contributed by atoms with van der Waals surface area (Å²) in [4.78, 5) is 15.4. The van der Waals surface area contributed by atoms with Gasteiger partial charge in [0.25, 0.3) is 5.91 Å². The molecule has 0 spiro atoms. The number of fused-ring (bicyclic) bond motifs is 1. The van der Waals surface area contributed by atoms with E-state index in [9.17, 15) is 18.7 Å². The van der Waals surface area contributed by atoms with E-state index in [0.29, 0.717) is 29.1 Å². The Morgan fingerprint density at radius 2 is 1.90 bits per heavy atom. The summed E-state index contributed by atoms with van der Waals surface area (Å²) in [7, 11) is 0. The summed E-state index contributed by atoms with van der Waals surface area (Å²) in [5.74, 6) is -0.189. The van der Waals surface area contributed by atoms with Gasteiger partial charge in [0.05, 0.1) is 11.9 Å². The van der Waals surface area contributed by atoms with Gasteiger partial charge in [0.2, 0.25) is 0 Å². The van der Waals surface area contributed by atoms with Crippen molar-refractivity contribution in [3.05, 3.63) is 42.2 Å². The van der Waals surface area contributed by atoms with Crippen molar-refractivity contribution in [2.75, 3.05) is 32.8 Å². The van der Waals surface area contributed by atoms with E-state index in [-0.39, 0.29) is 29.7 Å². The number of hydrogen-bond acceptors (Lipinski definition) is 7. The molecule has 1 aliphatic carbocycles. The highest BCUT2D eigenvalue weighted by Crippen LogP contribution is 2.40. The van der Waals surface area contributed by atoms with Crippen molar-refractivity contribution in [1.82, 2.24) is 10.2 Å². The Kier molecular flexibility index (Phi) is 7.95. The lowest BCUT2D eigenvalue weighted by Gasteiger charge is -2.21. The monoisotopic (exact) mass is 544 g/mol. The van der Waals surface area contributed by atoms with E-state index in [0.717, 1.165) is 37.9 Å². The molecule has 3 aromatic rings. The van der Waals surface area contributed by atoms with Crippen LogP contribution in [0.3, 0.4) is 0 Å². The summed E-state index contributed by atoms with van der Waals surface area (Å²) in [5.41, 5.74) is 0.263. The number of furan rings is 1. The van der Waals surface area contributed by atoms with Crippen LogP contribution in [0.4, 0.5) is 8.78 Å². The summed E-state index contributed by atoms with van der Waals surface area (Å²) in [5, 5.41) is 13.8. The van der Waals surface area contributed by atoms with Gasteiger partial charge in [0.15, 0.2) is 0 Å². The summed E-state index contributed by atoms with van der Waals surface area (Å²) in [6.07, 6.45) is 5.60. The Labute approximate surface area is 225 Å². The zero-order valence-electron chi connectivity index (χ0n) is 22.2. The number of nitrogens with one attached hydrogen (secondary N) is 1. The molecule has 0 bridgehead atoms. The molecule has 2 heterocycles. The fourth-order valence-electron chi connectivity index (χ4n) is 4.63. The van der Waals surface area contributed by atoms with Crippen LogP contribution in [-0.2, 0) is 0 Å². The van der Waals surface area contributed by atoms with Crippen LogP contribution in [-0.4, -0.2) is 67.0 Å². The molecule has 1 amide bonds. The Balaban J connectivity index is 1.46. The van der Waals surface area contributed by atoms with Crippen LogP contribution in [0.25, 0.3) is 22.1 Å². The summed E-state index contributed by atoms with van der Waals surface area (Å²) in [6.45, 7) is 3.40. The van der Waals surface area contributed by atoms with Crippen molar-refractivity contribution in [3.8, 4) is 28.4 Å². The molecule has 210 valence electrons. The third-order valence-electron chi connectivity index (χ3n) is 6.74. The van der Waals surface area contributed by atoms with E-state index in [1.807, 2.05) is 12.1 Å². The van der Waals surface area contributed by atoms with Crippen LogP contribution >= 0.6 is 0 Å². The molecule has 5 rings (SSSR count). The number of rotatable bonds is 12. The third-order valence-corrected chi connectivity index (χ3v) is 6.74. The zero-order valence-corrected chi connectivity index (χ0v) is 22.2. The fraction of sp³-hybridized carbons (Fsp3) is 0.483. The standard InChI is InChI=1S/C29H34F2N2O6/c1-29(2,35)17-38-24-13-18(14-25(39-28(30)31)26(24)27(34)32-19-5-6-19)22-16-37-23-15-20(7-8-21(22)23)36-12-11-33-9-3-4-10-33/h7-8,13-16,19,28,35H,3-6,9-12,17H2,1-2H3,(H,32,34). The minimum absolute atomic E-state index is 0.0108. The number of amides is 1. The largest absolute Gasteiger partial charge is 0.492 e. The summed E-state index contributed by atoms with van der Waals surface area (Å²) >= 11 is 0. The van der Waals surface area contributed by atoms with Gasteiger partial charge in [-0.15, -0.1) is 0 Å². The number of ether oxygens (including phenoxy) is 3. The Morgan fingerprint density at radius 1 is 1.15 bits per heavy atom. The molecule has 2 aliphatic rings. The molecule has 1 aromatic heterocycles. The molecule has 2 aromatic carbocycles. The highest BCUT2D eigenvalue weighted by molar-refractivity contribution is 6.02. The van der Waals surface area contributed by atoms with Gasteiger partial charge in [-0.2, -0.15) is 8.78 Å². The van der Waals surface area contributed by atoms with Crippen LogP contribution in [0.2, 0.25) is 0 Å². The first-order valence-electron chi connectivity index (χ1n) is 13.3. The molecule has 10 heteroatoms. The molecule has 0 unspecified atom stereocenters. The fourth-order valence-corrected chi connectivity index (χ4v) is 4.63. The van der Waals surface area contributed by atoms with Crippen molar-refractivity contribution >= 4 is 16.9 Å². The van der Waals surface area contributed by atoms with Crippen molar-refractivity contribution < 1.29 is 37.3 Å². The van der Waals surface area contributed by atoms with Gasteiger partial charge < -0.3 is 29.1 Å². The van der Waals surface area contributed by atoms with Gasteiger partial charge in [-0.3, -0.25) is 9.69 Å². The molecular weight excluding hydrogens is 510 g/mol. The lowest BCUT2D eigenvalue weighted by molar-refractivity contribution is -0.0503. The molecule has 39 heavy (non-hydrogen) atoms. The van der Waals surface area contributed by atoms with Crippen molar-refractivity contribution in [3.63, 3.8) is 0 Å². The molecule has 2 fully saturated rings. The Bertz CT molecular complexity index is 1310. The number of carbonyl (C=O) groups excluding carboxylic acids is 1. The first kappa shape index (κ1) is 27.2. The Hall–Kier alpha value is -3.37. The van der Waals surface area contributed by atoms with Gasteiger partial charge in [-0.25, -0.2) is 0 Å². The normalized spacial score (nSPS) is 16.2. The third kappa shape index (κ3) is 6.99. The number of hydrogen-bond donors (Lipinski definition) is 2. The second-order valence-corrected chi connectivity index (χ2v) is 10.8. The predicted octanol–water partition coefficient (Wildman–Crippen LogP) is 5.22. The van der Waals surface area contributed by atoms with E-state index in [1.165, 1.54) is 25.2 Å². The maximum absolute atomic E-state index is 13.4. The molecule has 1 aliphatic heterocycles. The minimum Gasteiger partial charge on any atom is -0.492 e. The van der Waals surface area contributed by atoms with E-state index in [1.54, 1.807) is 26.0 Å². The maximum atomic E-state index is 13.4. The van der Waals surface area contributed by atoms with E-state index >= 15 is 0 Å². The SMILES string of the molecule is CC(C)(O)COc1cc(-c2coc3cc(OCCN4CCCC4)ccc23)cc(OC(F)F)c1C(=O)NC1CC1. The molecule has 0 radical (unpaired) electrons. The summed E-state index contributed by atoms with van der Waals surface area (Å²) < 4.78 is 49.2. The van der Waals surface area contributed by atoms with Crippen LogP contribution in [0, 0.1) is 0 Å². The first-order valence-corrected chi connectivity index (χ1v) is 13.3. The van der Waals surface area contributed by atoms with Gasteiger partial charge in [0, 0.05) is 29.6 Å². The zero-order chi connectivity index (χ0) is 27.6. The van der Waals surface area contributed by atoms with E-state index < -0.39 is 18.1 Å². The van der Waals surface area contributed by atoms with Crippen LogP contribution in [0.15, 0.2) is 41.0 Å². The lowest BCUT2D eigenvalue weighted by Crippen LogP contribution is -2.30. The topological polar surface area (TPSA) is 93.4 Å². The van der Waals surface area contributed by atoms with Crippen LogP contribution in [0.5, 0.6) is 17.2 Å². The quantitative estimate of drug-likeness (QED) is 0.323. The van der Waals surface area contributed by atoms with Crippen molar-refractivity contribution in [1.29, 1.82) is 0 Å². The van der Waals surface area contributed by atoms with E-state index in [2.05, 4.69) is 10.2 Å². The number of likely N-dealkylation sites (tertiary alicyclic amines) is 1.